The molecule has 7 nitrogen and oxygen atoms in total. The van der Waals surface area contributed by atoms with Crippen LogP contribution in [-0.2, 0) is 16.6 Å². The molecule has 1 aromatic heterocycles. The Balaban J connectivity index is 1.85. The Bertz CT molecular complexity index is 949. The van der Waals surface area contributed by atoms with Crippen LogP contribution in [0.1, 0.15) is 5.01 Å². The molecule has 0 spiro atoms. The Kier molecular flexibility index (Phi) is 4.07. The van der Waals surface area contributed by atoms with E-state index in [0.717, 1.165) is 16.3 Å². The van der Waals surface area contributed by atoms with Crippen LogP contribution in [0.25, 0.3) is 10.2 Å². The molecule has 0 saturated carbocycles. The summed E-state index contributed by atoms with van der Waals surface area (Å²) < 4.78 is 27.9. The molecule has 2 aromatic carbocycles. The van der Waals surface area contributed by atoms with E-state index in [4.69, 9.17) is 0 Å². The number of nitro benzene ring substituents is 1. The van der Waals surface area contributed by atoms with Gasteiger partial charge in [0.05, 0.1) is 21.7 Å². The van der Waals surface area contributed by atoms with Crippen molar-refractivity contribution in [2.24, 2.45) is 0 Å². The summed E-state index contributed by atoms with van der Waals surface area (Å²) in [4.78, 5) is 14.2. The molecule has 118 valence electrons. The lowest BCUT2D eigenvalue weighted by Gasteiger charge is -2.05. The fourth-order valence-electron chi connectivity index (χ4n) is 2.07. The lowest BCUT2D eigenvalue weighted by Crippen LogP contribution is -2.24. The van der Waals surface area contributed by atoms with E-state index in [-0.39, 0.29) is 11.4 Å². The minimum absolute atomic E-state index is 0.0201. The van der Waals surface area contributed by atoms with E-state index in [9.17, 15) is 18.5 Å². The molecule has 23 heavy (non-hydrogen) atoms. The number of benzene rings is 2. The van der Waals surface area contributed by atoms with Crippen LogP contribution in [0.3, 0.4) is 0 Å². The number of rotatable bonds is 5. The van der Waals surface area contributed by atoms with Crippen molar-refractivity contribution in [1.82, 2.24) is 9.71 Å². The zero-order valence-corrected chi connectivity index (χ0v) is 13.3. The van der Waals surface area contributed by atoms with Crippen molar-refractivity contribution < 1.29 is 13.3 Å². The first kappa shape index (κ1) is 15.5. The second kappa shape index (κ2) is 6.03. The van der Waals surface area contributed by atoms with Crippen LogP contribution in [0.5, 0.6) is 0 Å². The first-order valence-corrected chi connectivity index (χ1v) is 8.85. The minimum atomic E-state index is -4.00. The number of hydrogen-bond acceptors (Lipinski definition) is 6. The number of para-hydroxylation sites is 2. The molecule has 0 aliphatic carbocycles. The predicted octanol–water partition coefficient (Wildman–Crippen LogP) is 2.68. The number of thiazole rings is 1. The van der Waals surface area contributed by atoms with Crippen LogP contribution in [0, 0.1) is 10.1 Å². The van der Waals surface area contributed by atoms with Crippen molar-refractivity contribution in [3.8, 4) is 0 Å². The van der Waals surface area contributed by atoms with Crippen molar-refractivity contribution in [3.63, 3.8) is 0 Å². The maximum Gasteiger partial charge on any atom is 0.289 e. The Morgan fingerprint density at radius 2 is 1.83 bits per heavy atom. The maximum atomic E-state index is 12.3. The summed E-state index contributed by atoms with van der Waals surface area (Å²) in [6.07, 6.45) is 0. The second-order valence-electron chi connectivity index (χ2n) is 4.62. The number of fused-ring (bicyclic) bond motifs is 1. The largest absolute Gasteiger partial charge is 0.289 e. The summed E-state index contributed by atoms with van der Waals surface area (Å²) in [7, 11) is -4.00. The van der Waals surface area contributed by atoms with Crippen LogP contribution in [-0.4, -0.2) is 18.3 Å². The van der Waals surface area contributed by atoms with Gasteiger partial charge in [0.25, 0.3) is 5.69 Å². The topological polar surface area (TPSA) is 102 Å². The summed E-state index contributed by atoms with van der Waals surface area (Å²) in [6, 6.07) is 12.7. The lowest BCUT2D eigenvalue weighted by molar-refractivity contribution is -0.387. The summed E-state index contributed by atoms with van der Waals surface area (Å²) in [6.45, 7) is -0.0201. The van der Waals surface area contributed by atoms with Gasteiger partial charge in [0.2, 0.25) is 10.0 Å². The molecule has 3 rings (SSSR count). The Hall–Kier alpha value is -2.36. The Morgan fingerprint density at radius 1 is 1.13 bits per heavy atom. The van der Waals surface area contributed by atoms with Gasteiger partial charge >= 0.3 is 0 Å². The molecule has 1 N–H and O–H groups in total. The van der Waals surface area contributed by atoms with Crippen LogP contribution in [0.15, 0.2) is 53.4 Å². The number of sulfonamides is 1. The third-order valence-electron chi connectivity index (χ3n) is 3.10. The molecular weight excluding hydrogens is 338 g/mol. The highest BCUT2D eigenvalue weighted by Gasteiger charge is 2.25. The third-order valence-corrected chi connectivity index (χ3v) is 5.59. The Labute approximate surface area is 135 Å². The van der Waals surface area contributed by atoms with E-state index >= 15 is 0 Å². The molecule has 0 saturated heterocycles. The molecule has 0 radical (unpaired) electrons. The summed E-state index contributed by atoms with van der Waals surface area (Å²) in [5.74, 6) is 0. The van der Waals surface area contributed by atoms with Gasteiger partial charge in [-0.05, 0) is 18.2 Å². The van der Waals surface area contributed by atoms with Crippen molar-refractivity contribution in [2.75, 3.05) is 0 Å². The maximum absolute atomic E-state index is 12.3. The van der Waals surface area contributed by atoms with Crippen molar-refractivity contribution in [3.05, 3.63) is 63.7 Å². The number of nitrogens with one attached hydrogen (secondary N) is 1. The highest BCUT2D eigenvalue weighted by molar-refractivity contribution is 7.89. The van der Waals surface area contributed by atoms with Crippen molar-refractivity contribution in [1.29, 1.82) is 0 Å². The smallest absolute Gasteiger partial charge is 0.258 e. The van der Waals surface area contributed by atoms with Crippen LogP contribution in [0.4, 0.5) is 5.69 Å². The van der Waals surface area contributed by atoms with Gasteiger partial charge in [-0.1, -0.05) is 24.3 Å². The van der Waals surface area contributed by atoms with Gasteiger partial charge in [-0.3, -0.25) is 10.1 Å². The minimum Gasteiger partial charge on any atom is -0.258 e. The fraction of sp³-hybridized carbons (Fsp3) is 0.0714. The van der Waals surface area contributed by atoms with Crippen LogP contribution < -0.4 is 4.72 Å². The van der Waals surface area contributed by atoms with E-state index < -0.39 is 20.6 Å². The van der Waals surface area contributed by atoms with Crippen molar-refractivity contribution >= 4 is 37.3 Å². The molecule has 0 amide bonds. The Morgan fingerprint density at radius 3 is 2.57 bits per heavy atom. The molecule has 0 aliphatic rings. The molecule has 9 heteroatoms. The van der Waals surface area contributed by atoms with E-state index in [2.05, 4.69) is 9.71 Å². The SMILES string of the molecule is O=[N+]([O-])c1ccccc1S(=O)(=O)NCc1nc2ccccc2s1. The van der Waals surface area contributed by atoms with E-state index in [1.54, 1.807) is 0 Å². The number of hydrogen-bond donors (Lipinski definition) is 1. The first-order valence-electron chi connectivity index (χ1n) is 6.55. The van der Waals surface area contributed by atoms with E-state index in [0.29, 0.717) is 5.01 Å². The van der Waals surface area contributed by atoms with Gasteiger partial charge in [-0.15, -0.1) is 11.3 Å². The summed E-state index contributed by atoms with van der Waals surface area (Å²) in [5, 5.41) is 11.6. The van der Waals surface area contributed by atoms with E-state index in [1.807, 2.05) is 24.3 Å². The van der Waals surface area contributed by atoms with Gasteiger partial charge in [0.1, 0.15) is 5.01 Å². The van der Waals surface area contributed by atoms with Crippen molar-refractivity contribution in [2.45, 2.75) is 11.4 Å². The average molecular weight is 349 g/mol. The molecule has 1 heterocycles. The molecule has 0 fully saturated rings. The molecule has 3 aromatic rings. The molecule has 0 aliphatic heterocycles. The molecule has 0 bridgehead atoms. The lowest BCUT2D eigenvalue weighted by atomic mass is 10.3. The van der Waals surface area contributed by atoms with Gasteiger partial charge in [0.15, 0.2) is 4.90 Å². The third kappa shape index (κ3) is 3.21. The van der Waals surface area contributed by atoms with Gasteiger partial charge in [-0.25, -0.2) is 18.1 Å². The fourth-order valence-corrected chi connectivity index (χ4v) is 4.22. The predicted molar refractivity (Wildman–Crippen MR) is 86.7 cm³/mol. The van der Waals surface area contributed by atoms with Gasteiger partial charge in [0, 0.05) is 6.07 Å². The number of nitro groups is 1. The van der Waals surface area contributed by atoms with E-state index in [1.165, 1.54) is 29.5 Å². The second-order valence-corrected chi connectivity index (χ2v) is 7.48. The average Bonchev–Trinajstić information content (AvgIpc) is 2.96. The quantitative estimate of drug-likeness (QED) is 0.563. The zero-order valence-electron chi connectivity index (χ0n) is 11.7. The zero-order chi connectivity index (χ0) is 16.4. The highest BCUT2D eigenvalue weighted by Crippen LogP contribution is 2.24. The van der Waals surface area contributed by atoms with Gasteiger partial charge < -0.3 is 0 Å². The van der Waals surface area contributed by atoms with Crippen LogP contribution >= 0.6 is 11.3 Å². The highest BCUT2D eigenvalue weighted by atomic mass is 32.2. The van der Waals surface area contributed by atoms with Gasteiger partial charge in [-0.2, -0.15) is 0 Å². The van der Waals surface area contributed by atoms with Crippen LogP contribution in [0.2, 0.25) is 0 Å². The first-order chi connectivity index (χ1) is 11.0. The monoisotopic (exact) mass is 349 g/mol. The number of nitrogens with zero attached hydrogens (tertiary/aromatic N) is 2. The number of aromatic nitrogens is 1. The summed E-state index contributed by atoms with van der Waals surface area (Å²) in [5.41, 5.74) is 0.335. The molecular formula is C14H11N3O4S2. The normalized spacial score (nSPS) is 11.7. The molecule has 0 atom stereocenters. The summed E-state index contributed by atoms with van der Waals surface area (Å²) >= 11 is 1.37. The molecule has 0 unspecified atom stereocenters. The standard InChI is InChI=1S/C14H11N3O4S2/c18-17(19)11-6-2-4-8-13(11)23(20,21)15-9-14-16-10-5-1-3-7-12(10)22-14/h1-8,15H,9H2.